The number of carbonyl (C=O) groups is 2. The number of rotatable bonds is 9. The van der Waals surface area contributed by atoms with Gasteiger partial charge in [0, 0.05) is 17.8 Å². The number of aromatic nitrogens is 3. The Hall–Kier alpha value is -3.54. The molecule has 1 aromatic heterocycles. The predicted octanol–water partition coefficient (Wildman–Crippen LogP) is 4.55. The molecule has 2 N–H and O–H groups in total. The fraction of sp³-hybridized carbons (Fsp3) is 0.304. The van der Waals surface area contributed by atoms with Crippen LogP contribution in [0.5, 0.6) is 5.75 Å². The molecule has 12 heteroatoms. The fourth-order valence-electron chi connectivity index (χ4n) is 3.21. The maximum atomic E-state index is 12.9. The van der Waals surface area contributed by atoms with Gasteiger partial charge in [0.25, 0.3) is 5.91 Å². The summed E-state index contributed by atoms with van der Waals surface area (Å²) >= 11 is 1.09. The first-order valence-corrected chi connectivity index (χ1v) is 11.6. The molecule has 3 aromatic rings. The van der Waals surface area contributed by atoms with Gasteiger partial charge in [-0.2, -0.15) is 13.2 Å². The number of nitrogens with zero attached hydrogens (tertiary/aromatic N) is 3. The average molecular weight is 508 g/mol. The van der Waals surface area contributed by atoms with Crippen molar-refractivity contribution in [2.24, 2.45) is 0 Å². The van der Waals surface area contributed by atoms with Crippen molar-refractivity contribution in [2.45, 2.75) is 37.8 Å². The van der Waals surface area contributed by atoms with Crippen molar-refractivity contribution < 1.29 is 27.5 Å². The highest BCUT2D eigenvalue weighted by Crippen LogP contribution is 2.30. The third-order valence-corrected chi connectivity index (χ3v) is 5.92. The summed E-state index contributed by atoms with van der Waals surface area (Å²) in [6.07, 6.45) is -4.50. The molecular weight excluding hydrogens is 483 g/mol. The fourth-order valence-corrected chi connectivity index (χ4v) is 4.02. The molecule has 0 aliphatic carbocycles. The van der Waals surface area contributed by atoms with Crippen LogP contribution in [0.3, 0.4) is 0 Å². The SMILES string of the molecule is CCn1c(SCC(=O)Nc2cccc(C(F)(F)F)c2)nnc1[C@@H](C)NC(=O)c1ccc(OC)cc1. The van der Waals surface area contributed by atoms with Crippen molar-refractivity contribution in [1.82, 2.24) is 20.1 Å². The lowest BCUT2D eigenvalue weighted by atomic mass is 10.2. The standard InChI is InChI=1S/C23H24F3N5O3S/c1-4-31-20(14(2)27-21(33)15-8-10-18(34-3)11-9-15)29-30-22(31)35-13-19(32)28-17-7-5-6-16(12-17)23(24,25)26/h5-12,14H,4,13H2,1-3H3,(H,27,33)(H,28,32)/t14-/m1/s1. The normalized spacial score (nSPS) is 12.2. The summed E-state index contributed by atoms with van der Waals surface area (Å²) < 4.78 is 45.5. The highest BCUT2D eigenvalue weighted by atomic mass is 32.2. The topological polar surface area (TPSA) is 98.1 Å². The van der Waals surface area contributed by atoms with Gasteiger partial charge in [0.1, 0.15) is 5.75 Å². The van der Waals surface area contributed by atoms with Crippen molar-refractivity contribution in [1.29, 1.82) is 0 Å². The monoisotopic (exact) mass is 507 g/mol. The molecule has 0 aliphatic rings. The predicted molar refractivity (Wildman–Crippen MR) is 125 cm³/mol. The van der Waals surface area contributed by atoms with Crippen molar-refractivity contribution in [3.05, 3.63) is 65.5 Å². The third-order valence-electron chi connectivity index (χ3n) is 4.95. The van der Waals surface area contributed by atoms with Gasteiger partial charge >= 0.3 is 6.18 Å². The van der Waals surface area contributed by atoms with Crippen molar-refractivity contribution in [3.8, 4) is 5.75 Å². The van der Waals surface area contributed by atoms with Gasteiger partial charge in [-0.1, -0.05) is 17.8 Å². The zero-order valence-electron chi connectivity index (χ0n) is 19.2. The van der Waals surface area contributed by atoms with Crippen LogP contribution < -0.4 is 15.4 Å². The molecule has 0 spiro atoms. The van der Waals surface area contributed by atoms with E-state index < -0.39 is 23.7 Å². The van der Waals surface area contributed by atoms with Crippen LogP contribution in [-0.4, -0.2) is 39.4 Å². The van der Waals surface area contributed by atoms with Crippen LogP contribution in [0, 0.1) is 0 Å². The molecule has 186 valence electrons. The third kappa shape index (κ3) is 6.75. The van der Waals surface area contributed by atoms with E-state index in [0.29, 0.717) is 28.8 Å². The van der Waals surface area contributed by atoms with E-state index in [1.807, 2.05) is 6.92 Å². The molecule has 0 aliphatic heterocycles. The van der Waals surface area contributed by atoms with Crippen LogP contribution in [0.4, 0.5) is 18.9 Å². The Bertz CT molecular complexity index is 1180. The number of methoxy groups -OCH3 is 1. The Morgan fingerprint density at radius 3 is 2.49 bits per heavy atom. The molecule has 2 aromatic carbocycles. The van der Waals surface area contributed by atoms with E-state index in [0.717, 1.165) is 23.9 Å². The minimum Gasteiger partial charge on any atom is -0.497 e. The van der Waals surface area contributed by atoms with Gasteiger partial charge in [-0.25, -0.2) is 0 Å². The first-order valence-electron chi connectivity index (χ1n) is 10.6. The number of ether oxygens (including phenoxy) is 1. The van der Waals surface area contributed by atoms with Crippen LogP contribution >= 0.6 is 11.8 Å². The molecule has 3 rings (SSSR count). The van der Waals surface area contributed by atoms with Gasteiger partial charge in [-0.05, 0) is 56.3 Å². The number of alkyl halides is 3. The lowest BCUT2D eigenvalue weighted by molar-refractivity contribution is -0.137. The van der Waals surface area contributed by atoms with E-state index in [-0.39, 0.29) is 17.3 Å². The Kier molecular flexibility index (Phi) is 8.39. The lowest BCUT2D eigenvalue weighted by Gasteiger charge is -2.15. The largest absolute Gasteiger partial charge is 0.497 e. The molecule has 2 amide bonds. The van der Waals surface area contributed by atoms with Gasteiger partial charge in [0.05, 0.1) is 24.5 Å². The number of anilines is 1. The van der Waals surface area contributed by atoms with Gasteiger partial charge < -0.3 is 19.9 Å². The van der Waals surface area contributed by atoms with Crippen molar-refractivity contribution in [2.75, 3.05) is 18.2 Å². The van der Waals surface area contributed by atoms with Crippen LogP contribution in [0.15, 0.2) is 53.7 Å². The van der Waals surface area contributed by atoms with Gasteiger partial charge in [0.2, 0.25) is 5.91 Å². The second kappa shape index (κ2) is 11.3. The molecule has 0 fully saturated rings. The number of hydrogen-bond donors (Lipinski definition) is 2. The molecule has 0 saturated heterocycles. The maximum Gasteiger partial charge on any atom is 0.416 e. The van der Waals surface area contributed by atoms with E-state index in [4.69, 9.17) is 4.74 Å². The summed E-state index contributed by atoms with van der Waals surface area (Å²) in [5.41, 5.74) is -0.331. The number of nitrogens with one attached hydrogen (secondary N) is 2. The van der Waals surface area contributed by atoms with E-state index in [2.05, 4.69) is 20.8 Å². The van der Waals surface area contributed by atoms with Gasteiger partial charge in [0.15, 0.2) is 11.0 Å². The Morgan fingerprint density at radius 2 is 1.86 bits per heavy atom. The summed E-state index contributed by atoms with van der Waals surface area (Å²) in [5.74, 6) is 0.290. The lowest BCUT2D eigenvalue weighted by Crippen LogP contribution is -2.28. The first kappa shape index (κ1) is 26.1. The van der Waals surface area contributed by atoms with E-state index >= 15 is 0 Å². The second-order valence-electron chi connectivity index (χ2n) is 7.42. The molecule has 8 nitrogen and oxygen atoms in total. The number of benzene rings is 2. The van der Waals surface area contributed by atoms with Gasteiger partial charge in [-0.3, -0.25) is 9.59 Å². The molecule has 1 atom stereocenters. The zero-order valence-corrected chi connectivity index (χ0v) is 20.0. The minimum absolute atomic E-state index is 0.0536. The number of amides is 2. The van der Waals surface area contributed by atoms with E-state index in [9.17, 15) is 22.8 Å². The highest BCUT2D eigenvalue weighted by Gasteiger charge is 2.30. The summed E-state index contributed by atoms with van der Waals surface area (Å²) in [6, 6.07) is 10.6. The smallest absolute Gasteiger partial charge is 0.416 e. The Balaban J connectivity index is 1.61. The highest BCUT2D eigenvalue weighted by molar-refractivity contribution is 7.99. The van der Waals surface area contributed by atoms with Crippen LogP contribution in [0.2, 0.25) is 0 Å². The molecule has 0 saturated carbocycles. The number of thioether (sulfide) groups is 1. The van der Waals surface area contributed by atoms with Crippen molar-refractivity contribution >= 4 is 29.3 Å². The summed E-state index contributed by atoms with van der Waals surface area (Å²) in [5, 5.41) is 14.1. The number of halogens is 3. The molecule has 35 heavy (non-hydrogen) atoms. The van der Waals surface area contributed by atoms with Crippen LogP contribution in [-0.2, 0) is 17.5 Å². The van der Waals surface area contributed by atoms with Crippen molar-refractivity contribution in [3.63, 3.8) is 0 Å². The Morgan fingerprint density at radius 1 is 1.14 bits per heavy atom. The van der Waals surface area contributed by atoms with Crippen LogP contribution in [0.1, 0.15) is 41.6 Å². The molecule has 0 bridgehead atoms. The maximum absolute atomic E-state index is 12.9. The van der Waals surface area contributed by atoms with Gasteiger partial charge in [-0.15, -0.1) is 10.2 Å². The summed E-state index contributed by atoms with van der Waals surface area (Å²) in [6.45, 7) is 4.13. The zero-order chi connectivity index (χ0) is 25.6. The number of hydrogen-bond acceptors (Lipinski definition) is 6. The average Bonchev–Trinajstić information content (AvgIpc) is 3.25. The quantitative estimate of drug-likeness (QED) is 0.413. The molecular formula is C23H24F3N5O3S. The Labute approximate surface area is 204 Å². The summed E-state index contributed by atoms with van der Waals surface area (Å²) in [4.78, 5) is 24.9. The first-order chi connectivity index (χ1) is 16.6. The summed E-state index contributed by atoms with van der Waals surface area (Å²) in [7, 11) is 1.54. The molecule has 0 radical (unpaired) electrons. The van der Waals surface area contributed by atoms with Crippen LogP contribution in [0.25, 0.3) is 0 Å². The van der Waals surface area contributed by atoms with E-state index in [1.54, 1.807) is 42.9 Å². The second-order valence-corrected chi connectivity index (χ2v) is 8.37. The molecule has 1 heterocycles. The molecule has 0 unspecified atom stereocenters. The minimum atomic E-state index is -4.50. The van der Waals surface area contributed by atoms with E-state index in [1.165, 1.54) is 12.1 Å². The number of carbonyl (C=O) groups excluding carboxylic acids is 2.